The zero-order chi connectivity index (χ0) is 30.1. The van der Waals surface area contributed by atoms with Crippen LogP contribution in [-0.4, -0.2) is 77.8 Å². The van der Waals surface area contributed by atoms with Crippen molar-refractivity contribution < 1.29 is 43.5 Å². The van der Waals surface area contributed by atoms with Crippen LogP contribution < -0.4 is 0 Å². The van der Waals surface area contributed by atoms with Crippen molar-refractivity contribution in [3.05, 3.63) is 11.6 Å². The van der Waals surface area contributed by atoms with E-state index in [1.165, 1.54) is 6.92 Å². The quantitative estimate of drug-likeness (QED) is 0.363. The molecule has 42 heavy (non-hydrogen) atoms. The molecule has 0 aromatic carbocycles. The highest BCUT2D eigenvalue weighted by Crippen LogP contribution is 2.70. The third-order valence-corrected chi connectivity index (χ3v) is 12.3. The van der Waals surface area contributed by atoms with Gasteiger partial charge in [0.05, 0.1) is 34.9 Å². The number of aliphatic hydroxyl groups is 2. The molecule has 0 spiro atoms. The Morgan fingerprint density at radius 2 is 1.88 bits per heavy atom. The fourth-order valence-electron chi connectivity index (χ4n) is 10.3. The fraction of sp³-hybridized carbons (Fsp3) is 0.844. The average molecular weight is 588 g/mol. The Morgan fingerprint density at radius 3 is 2.55 bits per heavy atom. The minimum absolute atomic E-state index is 0.0761. The largest absolute Gasteiger partial charge is 0.458 e. The number of hydrogen-bond donors (Lipinski definition) is 2. The van der Waals surface area contributed by atoms with Gasteiger partial charge in [0, 0.05) is 38.4 Å². The van der Waals surface area contributed by atoms with Gasteiger partial charge in [0.25, 0.3) is 0 Å². The molecule has 10 nitrogen and oxygen atoms in total. The van der Waals surface area contributed by atoms with E-state index in [1.54, 1.807) is 13.2 Å². The van der Waals surface area contributed by atoms with E-state index in [0.29, 0.717) is 51.6 Å². The lowest BCUT2D eigenvalue weighted by molar-refractivity contribution is -0.288. The molecule has 0 unspecified atom stereocenters. The molecule has 5 fully saturated rings. The lowest BCUT2D eigenvalue weighted by Crippen LogP contribution is -2.68. The second-order valence-corrected chi connectivity index (χ2v) is 14.0. The van der Waals surface area contributed by atoms with Gasteiger partial charge in [-0.05, 0) is 81.6 Å². The van der Waals surface area contributed by atoms with Crippen molar-refractivity contribution in [3.63, 3.8) is 0 Å². The van der Waals surface area contributed by atoms with E-state index < -0.39 is 46.5 Å². The maximum absolute atomic E-state index is 12.4. The zero-order valence-corrected chi connectivity index (χ0v) is 25.2. The van der Waals surface area contributed by atoms with Crippen molar-refractivity contribution in [1.29, 1.82) is 5.26 Å². The van der Waals surface area contributed by atoms with Crippen LogP contribution >= 0.6 is 0 Å². The molecular weight excluding hydrogens is 542 g/mol. The predicted molar refractivity (Wildman–Crippen MR) is 147 cm³/mol. The molecule has 2 aliphatic heterocycles. The topological polar surface area (TPSA) is 145 Å². The van der Waals surface area contributed by atoms with Gasteiger partial charge >= 0.3 is 11.9 Å². The lowest BCUT2D eigenvalue weighted by atomic mass is 9.41. The maximum atomic E-state index is 12.4. The van der Waals surface area contributed by atoms with Crippen LogP contribution in [0.1, 0.15) is 85.0 Å². The van der Waals surface area contributed by atoms with E-state index in [-0.39, 0.29) is 35.9 Å². The molecule has 0 aromatic heterocycles. The number of cyclic esters (lactones) is 1. The van der Waals surface area contributed by atoms with Crippen molar-refractivity contribution in [1.82, 2.24) is 0 Å². The third kappa shape index (κ3) is 4.37. The summed E-state index contributed by atoms with van der Waals surface area (Å²) < 4.78 is 28.7. The van der Waals surface area contributed by atoms with Crippen LogP contribution in [0.4, 0.5) is 0 Å². The molecule has 4 saturated carbocycles. The highest BCUT2D eigenvalue weighted by atomic mass is 16.7. The van der Waals surface area contributed by atoms with Crippen LogP contribution in [0.5, 0.6) is 0 Å². The second-order valence-electron chi connectivity index (χ2n) is 14.0. The van der Waals surface area contributed by atoms with E-state index in [2.05, 4.69) is 13.0 Å². The fourth-order valence-corrected chi connectivity index (χ4v) is 10.3. The monoisotopic (exact) mass is 587 g/mol. The summed E-state index contributed by atoms with van der Waals surface area (Å²) in [4.78, 5) is 23.4. The summed E-state index contributed by atoms with van der Waals surface area (Å²) in [7, 11) is 1.58. The number of nitrogens with zero attached hydrogens (tertiary/aromatic N) is 1. The Kier molecular flexibility index (Phi) is 7.54. The number of carbonyl (C=O) groups is 2. The molecule has 0 radical (unpaired) electrons. The van der Waals surface area contributed by atoms with Gasteiger partial charge in [-0.3, -0.25) is 4.79 Å². The average Bonchev–Trinajstić information content (AvgIpc) is 3.48. The molecule has 2 N–H and O–H groups in total. The van der Waals surface area contributed by atoms with E-state index in [4.69, 9.17) is 23.7 Å². The van der Waals surface area contributed by atoms with E-state index in [1.807, 2.05) is 6.92 Å². The van der Waals surface area contributed by atoms with Crippen molar-refractivity contribution in [2.75, 3.05) is 13.7 Å². The molecule has 6 aliphatic rings. The number of fused-ring (bicyclic) bond motifs is 5. The molecule has 12 atom stereocenters. The van der Waals surface area contributed by atoms with Crippen molar-refractivity contribution >= 4 is 11.9 Å². The number of nitriles is 1. The summed E-state index contributed by atoms with van der Waals surface area (Å²) in [5.74, 6) is -0.844. The Bertz CT molecular complexity index is 1180. The van der Waals surface area contributed by atoms with E-state index in [0.717, 1.165) is 24.8 Å². The minimum Gasteiger partial charge on any atom is -0.458 e. The highest BCUT2D eigenvalue weighted by Gasteiger charge is 2.72. The molecule has 0 aromatic rings. The normalized spacial score (nSPS) is 50.0. The van der Waals surface area contributed by atoms with Crippen molar-refractivity contribution in [2.24, 2.45) is 28.6 Å². The zero-order valence-electron chi connectivity index (χ0n) is 25.2. The number of ether oxygens (including phenoxy) is 5. The first-order chi connectivity index (χ1) is 19.9. The van der Waals surface area contributed by atoms with Crippen LogP contribution in [0.2, 0.25) is 0 Å². The first-order valence-corrected chi connectivity index (χ1v) is 15.6. The van der Waals surface area contributed by atoms with Crippen LogP contribution in [0.15, 0.2) is 11.6 Å². The number of methoxy groups -OCH3 is 1. The molecule has 0 amide bonds. The molecule has 2 heterocycles. The second kappa shape index (κ2) is 10.6. The molecule has 10 heteroatoms. The van der Waals surface area contributed by atoms with Crippen LogP contribution in [0, 0.1) is 39.9 Å². The minimum atomic E-state index is -1.23. The van der Waals surface area contributed by atoms with Crippen LogP contribution in [-0.2, 0) is 33.3 Å². The summed E-state index contributed by atoms with van der Waals surface area (Å²) in [5.41, 5.74) is -2.59. The summed E-state index contributed by atoms with van der Waals surface area (Å²) in [5, 5.41) is 35.4. The van der Waals surface area contributed by atoms with Gasteiger partial charge in [0.1, 0.15) is 12.7 Å². The van der Waals surface area contributed by atoms with Crippen molar-refractivity contribution in [2.45, 2.75) is 127 Å². The van der Waals surface area contributed by atoms with Gasteiger partial charge in [0.15, 0.2) is 12.4 Å². The Hall–Kier alpha value is -2.03. The number of esters is 2. The first-order valence-electron chi connectivity index (χ1n) is 15.6. The molecule has 1 saturated heterocycles. The number of hydrogen-bond acceptors (Lipinski definition) is 10. The molecule has 4 aliphatic carbocycles. The van der Waals surface area contributed by atoms with E-state index in [9.17, 15) is 25.1 Å². The molecular formula is C32H45NO9. The predicted octanol–water partition coefficient (Wildman–Crippen LogP) is 3.33. The van der Waals surface area contributed by atoms with Gasteiger partial charge in [-0.2, -0.15) is 5.26 Å². The summed E-state index contributed by atoms with van der Waals surface area (Å²) in [6.45, 7) is 5.64. The number of rotatable bonds is 5. The maximum Gasteiger partial charge on any atom is 0.331 e. The van der Waals surface area contributed by atoms with Crippen LogP contribution in [0.25, 0.3) is 0 Å². The Labute approximate surface area is 247 Å². The highest BCUT2D eigenvalue weighted by molar-refractivity contribution is 5.85. The van der Waals surface area contributed by atoms with Gasteiger partial charge < -0.3 is 33.9 Å². The summed E-state index contributed by atoms with van der Waals surface area (Å²) in [6.07, 6.45) is 5.16. The summed E-state index contributed by atoms with van der Waals surface area (Å²) >= 11 is 0. The standard InChI is InChI=1S/C32H45NO9/c1-18-28(41-19(2)34)25(38-4)14-27(40-18)42-21-5-10-30(17-33)23-6-9-29(3)22(20-13-26(35)39-16-20)8-12-32(29,37)24(23)7-11-31(30,36)15-21/h13,18,21-25,27-28,36-37H,5-12,14-16H2,1-4H3/t18-,21-,22+,23-,24-,25-,27+,28+,29-,30+,31+,32+/m1/s1. The van der Waals surface area contributed by atoms with Gasteiger partial charge in [-0.15, -0.1) is 0 Å². The van der Waals surface area contributed by atoms with E-state index >= 15 is 0 Å². The SMILES string of the molecule is CO[C@@H]1C[C@H](O[C@@H]2CC[C@]3(C#N)[C@@H]4CC[C@]5(C)[C@H](C6=CC(=O)OC6)CC[C@]5(O)[C@@H]4CC[C@]3(O)C2)O[C@H](C)[C@@H]1OC(C)=O. The Morgan fingerprint density at radius 1 is 1.12 bits per heavy atom. The number of carbonyl (C=O) groups excluding carboxylic acids is 2. The third-order valence-electron chi connectivity index (χ3n) is 12.3. The van der Waals surface area contributed by atoms with Gasteiger partial charge in [-0.25, -0.2) is 4.79 Å². The van der Waals surface area contributed by atoms with Gasteiger partial charge in [0.2, 0.25) is 0 Å². The Balaban J connectivity index is 1.18. The van der Waals surface area contributed by atoms with Crippen LogP contribution in [0.3, 0.4) is 0 Å². The smallest absolute Gasteiger partial charge is 0.331 e. The molecule has 6 rings (SSSR count). The molecule has 232 valence electrons. The van der Waals surface area contributed by atoms with Gasteiger partial charge in [-0.1, -0.05) is 6.92 Å². The summed E-state index contributed by atoms with van der Waals surface area (Å²) in [6, 6.07) is 2.62. The first kappa shape index (κ1) is 30.0. The molecule has 0 bridgehead atoms. The van der Waals surface area contributed by atoms with Crippen molar-refractivity contribution in [3.8, 4) is 6.07 Å². The lowest BCUT2D eigenvalue weighted by Gasteiger charge is -2.64.